The van der Waals surface area contributed by atoms with Crippen LogP contribution in [0.25, 0.3) is 44.8 Å². The van der Waals surface area contributed by atoms with Crippen molar-refractivity contribution in [2.45, 2.75) is 51.1 Å². The zero-order valence-corrected chi connectivity index (χ0v) is 20.6. The number of H-pyrrole nitrogens is 2. The van der Waals surface area contributed by atoms with Gasteiger partial charge in [0.25, 0.3) is 0 Å². The number of furan rings is 1. The zero-order valence-electron chi connectivity index (χ0n) is 20.6. The first kappa shape index (κ1) is 22.8. The van der Waals surface area contributed by atoms with E-state index in [1.165, 1.54) is 6.42 Å². The van der Waals surface area contributed by atoms with Gasteiger partial charge in [0, 0.05) is 16.5 Å². The number of unbranched alkanes of at least 4 members (excludes halogenated alkanes) is 1. The number of nitrogens with zero attached hydrogens (tertiary/aromatic N) is 2. The van der Waals surface area contributed by atoms with Gasteiger partial charge in [-0.3, -0.25) is 0 Å². The van der Waals surface area contributed by atoms with Crippen molar-refractivity contribution in [2.75, 3.05) is 6.54 Å². The minimum absolute atomic E-state index is 0.0499. The van der Waals surface area contributed by atoms with Crippen molar-refractivity contribution in [2.24, 2.45) is 5.73 Å². The molecule has 2 aromatic carbocycles. The van der Waals surface area contributed by atoms with Crippen LogP contribution >= 0.6 is 0 Å². The van der Waals surface area contributed by atoms with Gasteiger partial charge in [-0.05, 0) is 55.6 Å². The lowest BCUT2D eigenvalue weighted by atomic mass is 10.1. The molecule has 7 nitrogen and oxygen atoms in total. The average molecular weight is 481 g/mol. The molecule has 0 amide bonds. The number of nitrogens with one attached hydrogen (secondary N) is 3. The third-order valence-corrected chi connectivity index (χ3v) is 7.11. The van der Waals surface area contributed by atoms with Crippen LogP contribution in [0.5, 0.6) is 0 Å². The predicted octanol–water partition coefficient (Wildman–Crippen LogP) is 6.49. The number of aromatic amines is 2. The standard InChI is InChI=1S/C29H32N6O/c1-2-3-5-22(30)28-32-16-24(34-28)18-7-9-19(10-8-18)27-15-21-14-20(11-12-26(21)36-27)25-17-33-29(35-25)23-6-4-13-31-23/h7-12,14-17,22-23,31H,2-6,13,30H2,1H3,(H,32,34)(H,33,35)/t22-,23-/m0/s1. The zero-order chi connectivity index (χ0) is 24.5. The van der Waals surface area contributed by atoms with Crippen molar-refractivity contribution < 1.29 is 4.42 Å². The van der Waals surface area contributed by atoms with Crippen LogP contribution in [-0.2, 0) is 0 Å². The van der Waals surface area contributed by atoms with E-state index in [-0.39, 0.29) is 6.04 Å². The third kappa shape index (κ3) is 4.47. The predicted molar refractivity (Wildman–Crippen MR) is 143 cm³/mol. The fourth-order valence-electron chi connectivity index (χ4n) is 4.98. The number of imidazole rings is 2. The summed E-state index contributed by atoms with van der Waals surface area (Å²) in [4.78, 5) is 16.0. The first-order chi connectivity index (χ1) is 17.7. The molecule has 0 spiro atoms. The van der Waals surface area contributed by atoms with Gasteiger partial charge in [0.15, 0.2) is 0 Å². The molecule has 7 heteroatoms. The molecular weight excluding hydrogens is 448 g/mol. The molecule has 6 rings (SSSR count). The second-order valence-electron chi connectivity index (χ2n) is 9.70. The number of rotatable bonds is 8. The molecule has 184 valence electrons. The summed E-state index contributed by atoms with van der Waals surface area (Å²) in [6.07, 6.45) is 9.29. The highest BCUT2D eigenvalue weighted by molar-refractivity contribution is 5.87. The van der Waals surface area contributed by atoms with Crippen LogP contribution in [0, 0.1) is 0 Å². The van der Waals surface area contributed by atoms with Gasteiger partial charge in [0.1, 0.15) is 23.0 Å². The lowest BCUT2D eigenvalue weighted by molar-refractivity contribution is 0.580. The lowest BCUT2D eigenvalue weighted by Crippen LogP contribution is -2.14. The first-order valence-corrected chi connectivity index (χ1v) is 12.9. The highest BCUT2D eigenvalue weighted by atomic mass is 16.3. The Kier molecular flexibility index (Phi) is 6.17. The van der Waals surface area contributed by atoms with Gasteiger partial charge < -0.3 is 25.4 Å². The monoisotopic (exact) mass is 480 g/mol. The normalized spacial score (nSPS) is 16.7. The van der Waals surface area contributed by atoms with Crippen LogP contribution in [0.2, 0.25) is 0 Å². The Hall–Kier alpha value is -3.68. The van der Waals surface area contributed by atoms with Crippen LogP contribution in [0.1, 0.15) is 62.8 Å². The summed E-state index contributed by atoms with van der Waals surface area (Å²) < 4.78 is 6.18. The molecule has 1 aliphatic heterocycles. The van der Waals surface area contributed by atoms with Gasteiger partial charge in [-0.1, -0.05) is 44.0 Å². The molecule has 0 aliphatic carbocycles. The van der Waals surface area contributed by atoms with E-state index in [9.17, 15) is 0 Å². The van der Waals surface area contributed by atoms with E-state index < -0.39 is 0 Å². The smallest absolute Gasteiger partial charge is 0.135 e. The molecule has 1 saturated heterocycles. The number of aromatic nitrogens is 4. The third-order valence-electron chi connectivity index (χ3n) is 7.11. The van der Waals surface area contributed by atoms with Crippen LogP contribution in [0.4, 0.5) is 0 Å². The van der Waals surface area contributed by atoms with Crippen molar-refractivity contribution in [1.29, 1.82) is 0 Å². The molecule has 0 unspecified atom stereocenters. The first-order valence-electron chi connectivity index (χ1n) is 12.9. The van der Waals surface area contributed by atoms with Gasteiger partial charge in [-0.15, -0.1) is 0 Å². The van der Waals surface area contributed by atoms with E-state index in [2.05, 4.69) is 74.6 Å². The quantitative estimate of drug-likeness (QED) is 0.203. The van der Waals surface area contributed by atoms with E-state index in [1.807, 2.05) is 18.5 Å². The summed E-state index contributed by atoms with van der Waals surface area (Å²) in [5, 5.41) is 4.57. The molecule has 4 heterocycles. The Morgan fingerprint density at radius 2 is 1.75 bits per heavy atom. The van der Waals surface area contributed by atoms with Crippen LogP contribution in [0.3, 0.4) is 0 Å². The topological polar surface area (TPSA) is 109 Å². The Morgan fingerprint density at radius 3 is 2.56 bits per heavy atom. The number of fused-ring (bicyclic) bond motifs is 1. The van der Waals surface area contributed by atoms with Gasteiger partial charge >= 0.3 is 0 Å². The molecule has 0 bridgehead atoms. The second kappa shape index (κ2) is 9.76. The summed E-state index contributed by atoms with van der Waals surface area (Å²) >= 11 is 0. The maximum atomic E-state index is 6.27. The van der Waals surface area contributed by atoms with E-state index >= 15 is 0 Å². The minimum atomic E-state index is -0.0499. The van der Waals surface area contributed by atoms with Crippen LogP contribution < -0.4 is 11.1 Å². The molecule has 2 atom stereocenters. The summed E-state index contributed by atoms with van der Waals surface area (Å²) in [7, 11) is 0. The molecular formula is C29H32N6O. The number of hydrogen-bond acceptors (Lipinski definition) is 5. The maximum Gasteiger partial charge on any atom is 0.135 e. The van der Waals surface area contributed by atoms with Crippen molar-refractivity contribution >= 4 is 11.0 Å². The molecule has 0 saturated carbocycles. The summed E-state index contributed by atoms with van der Waals surface area (Å²) in [6.45, 7) is 3.23. The summed E-state index contributed by atoms with van der Waals surface area (Å²) in [5.41, 5.74) is 12.4. The number of hydrogen-bond donors (Lipinski definition) is 4. The molecule has 5 N–H and O–H groups in total. The SMILES string of the molecule is CCCC[C@H](N)c1ncc(-c2ccc(-c3cc4cc(-c5cnc([C@@H]6CCCN6)[nH]5)ccc4o3)cc2)[nH]1. The van der Waals surface area contributed by atoms with Crippen molar-refractivity contribution in [1.82, 2.24) is 25.3 Å². The van der Waals surface area contributed by atoms with E-state index in [0.717, 1.165) is 88.7 Å². The maximum absolute atomic E-state index is 6.27. The molecule has 1 fully saturated rings. The molecule has 3 aromatic heterocycles. The minimum Gasteiger partial charge on any atom is -0.456 e. The number of benzene rings is 2. The second-order valence-corrected chi connectivity index (χ2v) is 9.70. The van der Waals surface area contributed by atoms with Crippen LogP contribution in [0.15, 0.2) is 65.3 Å². The number of nitrogens with two attached hydrogens (primary N) is 1. The van der Waals surface area contributed by atoms with Gasteiger partial charge in [-0.2, -0.15) is 0 Å². The highest BCUT2D eigenvalue weighted by Crippen LogP contribution is 2.32. The Morgan fingerprint density at radius 1 is 0.972 bits per heavy atom. The van der Waals surface area contributed by atoms with Gasteiger partial charge in [0.05, 0.1) is 35.9 Å². The Balaban J connectivity index is 1.20. The summed E-state index contributed by atoms with van der Waals surface area (Å²) in [6, 6.07) is 17.0. The van der Waals surface area contributed by atoms with E-state index in [1.54, 1.807) is 0 Å². The van der Waals surface area contributed by atoms with E-state index in [0.29, 0.717) is 6.04 Å². The average Bonchev–Trinajstić information content (AvgIpc) is 3.72. The Labute approximate surface area is 210 Å². The fourth-order valence-corrected chi connectivity index (χ4v) is 4.98. The molecule has 1 aliphatic rings. The summed E-state index contributed by atoms with van der Waals surface area (Å²) in [5.74, 6) is 2.71. The molecule has 5 aromatic rings. The molecule has 0 radical (unpaired) electrons. The van der Waals surface area contributed by atoms with Crippen molar-refractivity contribution in [3.63, 3.8) is 0 Å². The van der Waals surface area contributed by atoms with Gasteiger partial charge in [-0.25, -0.2) is 9.97 Å². The largest absolute Gasteiger partial charge is 0.456 e. The van der Waals surface area contributed by atoms with Crippen molar-refractivity contribution in [3.05, 3.63) is 72.6 Å². The van der Waals surface area contributed by atoms with Crippen LogP contribution in [-0.4, -0.2) is 26.5 Å². The Bertz CT molecular complexity index is 1450. The highest BCUT2D eigenvalue weighted by Gasteiger charge is 2.19. The van der Waals surface area contributed by atoms with Gasteiger partial charge in [0.2, 0.25) is 0 Å². The van der Waals surface area contributed by atoms with E-state index in [4.69, 9.17) is 10.2 Å². The fraction of sp³-hybridized carbons (Fsp3) is 0.310. The molecule has 36 heavy (non-hydrogen) atoms. The lowest BCUT2D eigenvalue weighted by Gasteiger charge is -2.07. The van der Waals surface area contributed by atoms with Crippen molar-refractivity contribution in [3.8, 4) is 33.8 Å².